The molecular weight excluding hydrogens is 617 g/mol. The Morgan fingerprint density at radius 1 is 0.902 bits per heavy atom. The van der Waals surface area contributed by atoms with Crippen LogP contribution >= 0.6 is 15.9 Å². The summed E-state index contributed by atoms with van der Waals surface area (Å²) >= 11 is 3.26. The van der Waals surface area contributed by atoms with Crippen molar-refractivity contribution in [1.82, 2.24) is 5.32 Å². The summed E-state index contributed by atoms with van der Waals surface area (Å²) in [7, 11) is 0. The highest BCUT2D eigenvalue weighted by Crippen LogP contribution is 2.33. The standard InChI is InChI=1S/C28H23BrF5N3O4/c1-15(2)25(38)35-13-16-3-9-22(28(32,33)34)20(11-16)26(39)37-19-8-10-23(41-14-24(30)31)21(12-19)27(40)36-18-6-4-17(29)5-7-18/h3-12,24H,1,13-14H2,2H3,(H,35,38)(H,36,40)(H,37,39). The molecule has 0 spiro atoms. The predicted molar refractivity (Wildman–Crippen MR) is 146 cm³/mol. The van der Waals surface area contributed by atoms with Gasteiger partial charge >= 0.3 is 6.18 Å². The molecule has 0 bridgehead atoms. The van der Waals surface area contributed by atoms with Gasteiger partial charge in [-0.25, -0.2) is 8.78 Å². The number of ether oxygens (including phenoxy) is 1. The van der Waals surface area contributed by atoms with E-state index in [9.17, 15) is 36.3 Å². The van der Waals surface area contributed by atoms with Crippen molar-refractivity contribution in [3.05, 3.63) is 99.5 Å². The summed E-state index contributed by atoms with van der Waals surface area (Å²) in [5.41, 5.74) is -1.56. The van der Waals surface area contributed by atoms with Crippen molar-refractivity contribution in [1.29, 1.82) is 0 Å². The van der Waals surface area contributed by atoms with E-state index < -0.39 is 48.1 Å². The van der Waals surface area contributed by atoms with Gasteiger partial charge in [-0.3, -0.25) is 14.4 Å². The fourth-order valence-corrected chi connectivity index (χ4v) is 3.73. The Balaban J connectivity index is 1.92. The summed E-state index contributed by atoms with van der Waals surface area (Å²) in [6.45, 7) is 3.75. The van der Waals surface area contributed by atoms with Gasteiger partial charge < -0.3 is 20.7 Å². The van der Waals surface area contributed by atoms with E-state index in [-0.39, 0.29) is 34.7 Å². The molecule has 0 unspecified atom stereocenters. The summed E-state index contributed by atoms with van der Waals surface area (Å²) in [6, 6.07) is 12.7. The quantitative estimate of drug-likeness (QED) is 0.168. The first-order valence-electron chi connectivity index (χ1n) is 11.8. The Morgan fingerprint density at radius 2 is 1.51 bits per heavy atom. The Bertz CT molecular complexity index is 1460. The number of alkyl halides is 5. The van der Waals surface area contributed by atoms with Gasteiger partial charge in [0.25, 0.3) is 18.2 Å². The van der Waals surface area contributed by atoms with Gasteiger partial charge in [0.15, 0.2) is 0 Å². The van der Waals surface area contributed by atoms with Crippen LogP contribution < -0.4 is 20.7 Å². The van der Waals surface area contributed by atoms with E-state index in [0.29, 0.717) is 5.69 Å². The molecule has 41 heavy (non-hydrogen) atoms. The fourth-order valence-electron chi connectivity index (χ4n) is 3.46. The van der Waals surface area contributed by atoms with Crippen molar-refractivity contribution in [3.8, 4) is 5.75 Å². The first-order chi connectivity index (χ1) is 19.2. The maximum atomic E-state index is 13.7. The van der Waals surface area contributed by atoms with Gasteiger partial charge in [0, 0.05) is 28.0 Å². The molecule has 216 valence electrons. The summed E-state index contributed by atoms with van der Waals surface area (Å²) in [5, 5.41) is 7.35. The van der Waals surface area contributed by atoms with E-state index in [4.69, 9.17) is 4.74 Å². The van der Waals surface area contributed by atoms with Crippen LogP contribution in [0.3, 0.4) is 0 Å². The van der Waals surface area contributed by atoms with Crippen molar-refractivity contribution in [2.75, 3.05) is 17.2 Å². The van der Waals surface area contributed by atoms with Crippen LogP contribution in [-0.4, -0.2) is 30.8 Å². The number of amides is 3. The zero-order chi connectivity index (χ0) is 30.3. The van der Waals surface area contributed by atoms with E-state index >= 15 is 0 Å². The van der Waals surface area contributed by atoms with Crippen LogP contribution in [0.2, 0.25) is 0 Å². The number of anilines is 2. The first-order valence-corrected chi connectivity index (χ1v) is 12.6. The molecule has 0 fully saturated rings. The zero-order valence-electron chi connectivity index (χ0n) is 21.4. The third-order valence-corrected chi connectivity index (χ3v) is 5.95. The molecule has 3 rings (SSSR count). The number of hydrogen-bond acceptors (Lipinski definition) is 4. The van der Waals surface area contributed by atoms with Gasteiger partial charge in [-0.2, -0.15) is 13.2 Å². The number of rotatable bonds is 10. The topological polar surface area (TPSA) is 96.5 Å². The number of hydrogen-bond donors (Lipinski definition) is 3. The molecule has 0 saturated carbocycles. The lowest BCUT2D eigenvalue weighted by Crippen LogP contribution is -2.24. The Morgan fingerprint density at radius 3 is 2.12 bits per heavy atom. The Kier molecular flexibility index (Phi) is 10.2. The second-order valence-electron chi connectivity index (χ2n) is 8.67. The molecule has 0 saturated heterocycles. The minimum atomic E-state index is -4.88. The number of halogens is 6. The van der Waals surface area contributed by atoms with Gasteiger partial charge in [-0.1, -0.05) is 28.6 Å². The number of benzene rings is 3. The van der Waals surface area contributed by atoms with E-state index in [2.05, 4.69) is 38.5 Å². The summed E-state index contributed by atoms with van der Waals surface area (Å²) < 4.78 is 72.5. The molecule has 0 aliphatic rings. The SMILES string of the molecule is C=C(C)C(=O)NCc1ccc(C(F)(F)F)c(C(=O)Nc2ccc(OCC(F)F)c(C(=O)Nc3ccc(Br)cc3)c2)c1. The van der Waals surface area contributed by atoms with Crippen molar-refractivity contribution in [2.45, 2.75) is 26.1 Å². The fraction of sp³-hybridized carbons (Fsp3) is 0.179. The molecular formula is C28H23BrF5N3O4. The number of carbonyl (C=O) groups is 3. The lowest BCUT2D eigenvalue weighted by Gasteiger charge is -2.16. The zero-order valence-corrected chi connectivity index (χ0v) is 23.0. The molecule has 0 aromatic heterocycles. The smallest absolute Gasteiger partial charge is 0.417 e. The molecule has 13 heteroatoms. The number of nitrogens with one attached hydrogen (secondary N) is 3. The summed E-state index contributed by atoms with van der Waals surface area (Å²) in [5.74, 6) is -2.69. The van der Waals surface area contributed by atoms with Gasteiger partial charge in [0.1, 0.15) is 12.4 Å². The molecule has 3 aromatic rings. The number of carbonyl (C=O) groups excluding carboxylic acids is 3. The van der Waals surface area contributed by atoms with E-state index in [1.54, 1.807) is 24.3 Å². The molecule has 3 amide bonds. The maximum absolute atomic E-state index is 13.7. The minimum absolute atomic E-state index is 0.102. The van der Waals surface area contributed by atoms with E-state index in [0.717, 1.165) is 34.8 Å². The van der Waals surface area contributed by atoms with Gasteiger partial charge in [-0.15, -0.1) is 0 Å². The minimum Gasteiger partial charge on any atom is -0.487 e. The predicted octanol–water partition coefficient (Wildman–Crippen LogP) is 6.81. The second-order valence-corrected chi connectivity index (χ2v) is 9.58. The van der Waals surface area contributed by atoms with Crippen LogP contribution in [0, 0.1) is 0 Å². The third-order valence-electron chi connectivity index (χ3n) is 5.42. The Labute approximate surface area is 239 Å². The van der Waals surface area contributed by atoms with Crippen LogP contribution in [0.1, 0.15) is 38.8 Å². The largest absolute Gasteiger partial charge is 0.487 e. The monoisotopic (exact) mass is 639 g/mol. The summed E-state index contributed by atoms with van der Waals surface area (Å²) in [6.07, 6.45) is -7.72. The molecule has 0 aliphatic heterocycles. The highest BCUT2D eigenvalue weighted by molar-refractivity contribution is 9.10. The van der Waals surface area contributed by atoms with Crippen LogP contribution in [0.5, 0.6) is 5.75 Å². The average molecular weight is 640 g/mol. The third kappa shape index (κ3) is 8.87. The molecule has 0 atom stereocenters. The molecule has 0 aliphatic carbocycles. The average Bonchev–Trinajstić information content (AvgIpc) is 2.91. The second kappa shape index (κ2) is 13.4. The van der Waals surface area contributed by atoms with E-state index in [1.807, 2.05) is 0 Å². The van der Waals surface area contributed by atoms with Crippen molar-refractivity contribution in [3.63, 3.8) is 0 Å². The van der Waals surface area contributed by atoms with Crippen molar-refractivity contribution >= 4 is 45.0 Å². The van der Waals surface area contributed by atoms with Crippen molar-refractivity contribution < 1.29 is 41.1 Å². The molecule has 0 heterocycles. The van der Waals surface area contributed by atoms with Gasteiger partial charge in [0.05, 0.1) is 16.7 Å². The maximum Gasteiger partial charge on any atom is 0.417 e. The summed E-state index contributed by atoms with van der Waals surface area (Å²) in [4.78, 5) is 37.8. The first kappa shape index (κ1) is 31.3. The van der Waals surface area contributed by atoms with E-state index in [1.165, 1.54) is 13.0 Å². The highest BCUT2D eigenvalue weighted by Gasteiger charge is 2.35. The highest BCUT2D eigenvalue weighted by atomic mass is 79.9. The lowest BCUT2D eigenvalue weighted by molar-refractivity contribution is -0.138. The van der Waals surface area contributed by atoms with Crippen LogP contribution in [0.25, 0.3) is 0 Å². The van der Waals surface area contributed by atoms with Gasteiger partial charge in [0.2, 0.25) is 5.91 Å². The van der Waals surface area contributed by atoms with Crippen LogP contribution in [-0.2, 0) is 17.5 Å². The molecule has 0 radical (unpaired) electrons. The molecule has 7 nitrogen and oxygen atoms in total. The lowest BCUT2D eigenvalue weighted by atomic mass is 10.0. The Hall–Kier alpha value is -4.26. The normalized spacial score (nSPS) is 11.1. The van der Waals surface area contributed by atoms with Crippen LogP contribution in [0.15, 0.2) is 77.3 Å². The molecule has 3 aromatic carbocycles. The van der Waals surface area contributed by atoms with Crippen molar-refractivity contribution in [2.24, 2.45) is 0 Å². The van der Waals surface area contributed by atoms with Crippen LogP contribution in [0.4, 0.5) is 33.3 Å². The van der Waals surface area contributed by atoms with Gasteiger partial charge in [-0.05, 0) is 67.1 Å². The molecule has 3 N–H and O–H groups in total.